The van der Waals surface area contributed by atoms with Gasteiger partial charge < -0.3 is 14.6 Å². The van der Waals surface area contributed by atoms with Crippen molar-refractivity contribution in [1.29, 1.82) is 0 Å². The second-order valence-corrected chi connectivity index (χ2v) is 6.73. The van der Waals surface area contributed by atoms with Crippen molar-refractivity contribution in [1.82, 2.24) is 9.88 Å². The van der Waals surface area contributed by atoms with Gasteiger partial charge in [0.15, 0.2) is 0 Å². The Balaban J connectivity index is 3.04. The molecule has 0 spiro atoms. The van der Waals surface area contributed by atoms with E-state index >= 15 is 0 Å². The number of sulfonamides is 1. The number of aryl methyl sites for hydroxylation is 1. The summed E-state index contributed by atoms with van der Waals surface area (Å²) in [5.74, 6) is -0.154. The first-order chi connectivity index (χ1) is 9.70. The summed E-state index contributed by atoms with van der Waals surface area (Å²) in [5, 5.41) is 7.95. The van der Waals surface area contributed by atoms with E-state index in [-0.39, 0.29) is 28.5 Å². The van der Waals surface area contributed by atoms with E-state index in [9.17, 15) is 13.2 Å². The van der Waals surface area contributed by atoms with Gasteiger partial charge in [0.25, 0.3) is 5.91 Å². The van der Waals surface area contributed by atoms with Gasteiger partial charge in [-0.2, -0.15) is 0 Å². The number of nitrogens with zero attached hydrogens (tertiary/aromatic N) is 1. The SMILES string of the molecule is CCn1cc(S(N)(=O)=O)cc1C(=O)NC(COC)C(C)C. The quantitative estimate of drug-likeness (QED) is 0.766. The third kappa shape index (κ3) is 4.55. The molecule has 0 aromatic carbocycles. The number of ether oxygens (including phenoxy) is 1. The predicted octanol–water partition coefficient (Wildman–Crippen LogP) is 0.556. The number of hydrogen-bond acceptors (Lipinski definition) is 4. The Morgan fingerprint density at radius 3 is 2.52 bits per heavy atom. The van der Waals surface area contributed by atoms with Gasteiger partial charge >= 0.3 is 0 Å². The lowest BCUT2D eigenvalue weighted by molar-refractivity contribution is 0.0857. The number of aromatic nitrogens is 1. The Labute approximate surface area is 125 Å². The maximum atomic E-state index is 12.3. The molecule has 0 aliphatic rings. The van der Waals surface area contributed by atoms with Crippen molar-refractivity contribution >= 4 is 15.9 Å². The van der Waals surface area contributed by atoms with Crippen molar-refractivity contribution in [2.75, 3.05) is 13.7 Å². The van der Waals surface area contributed by atoms with Crippen molar-refractivity contribution < 1.29 is 17.9 Å². The van der Waals surface area contributed by atoms with Crippen LogP contribution in [0.5, 0.6) is 0 Å². The number of rotatable bonds is 7. The van der Waals surface area contributed by atoms with E-state index in [4.69, 9.17) is 9.88 Å². The zero-order valence-electron chi connectivity index (χ0n) is 12.8. The summed E-state index contributed by atoms with van der Waals surface area (Å²) in [4.78, 5) is 12.3. The van der Waals surface area contributed by atoms with Gasteiger partial charge in [0.2, 0.25) is 10.0 Å². The highest BCUT2D eigenvalue weighted by molar-refractivity contribution is 7.89. The fraction of sp³-hybridized carbons (Fsp3) is 0.615. The topological polar surface area (TPSA) is 103 Å². The molecule has 1 aromatic heterocycles. The lowest BCUT2D eigenvalue weighted by Crippen LogP contribution is -2.42. The number of nitrogens with two attached hydrogens (primary N) is 1. The second kappa shape index (κ2) is 7.06. The molecule has 8 heteroatoms. The van der Waals surface area contributed by atoms with Gasteiger partial charge in [0, 0.05) is 19.9 Å². The van der Waals surface area contributed by atoms with Crippen molar-refractivity contribution in [3.05, 3.63) is 18.0 Å². The van der Waals surface area contributed by atoms with Crippen LogP contribution in [0, 0.1) is 5.92 Å². The molecule has 0 fully saturated rings. The number of carbonyl (C=O) groups is 1. The van der Waals surface area contributed by atoms with Gasteiger partial charge in [0.05, 0.1) is 12.6 Å². The highest BCUT2D eigenvalue weighted by Gasteiger charge is 2.22. The summed E-state index contributed by atoms with van der Waals surface area (Å²) in [6.07, 6.45) is 1.37. The maximum Gasteiger partial charge on any atom is 0.268 e. The van der Waals surface area contributed by atoms with Crippen LogP contribution in [0.1, 0.15) is 31.3 Å². The van der Waals surface area contributed by atoms with Crippen LogP contribution < -0.4 is 10.5 Å². The van der Waals surface area contributed by atoms with Crippen molar-refractivity contribution in [3.8, 4) is 0 Å². The Bertz CT molecular complexity index is 593. The molecule has 1 heterocycles. The first-order valence-corrected chi connectivity index (χ1v) is 8.28. The average molecular weight is 317 g/mol. The van der Waals surface area contributed by atoms with E-state index in [0.29, 0.717) is 13.2 Å². The van der Waals surface area contributed by atoms with E-state index in [1.54, 1.807) is 11.7 Å². The number of primary sulfonamides is 1. The fourth-order valence-electron chi connectivity index (χ4n) is 1.91. The molecule has 0 aliphatic carbocycles. The molecule has 3 N–H and O–H groups in total. The molecule has 0 bridgehead atoms. The molecule has 0 saturated heterocycles. The molecule has 0 aliphatic heterocycles. The van der Waals surface area contributed by atoms with E-state index in [2.05, 4.69) is 5.32 Å². The van der Waals surface area contributed by atoms with Crippen molar-refractivity contribution in [2.24, 2.45) is 11.1 Å². The molecule has 0 radical (unpaired) electrons. The normalized spacial score (nSPS) is 13.4. The Kier molecular flexibility index (Phi) is 5.94. The Morgan fingerprint density at radius 1 is 1.48 bits per heavy atom. The minimum absolute atomic E-state index is 0.0673. The number of carbonyl (C=O) groups excluding carboxylic acids is 1. The van der Waals surface area contributed by atoms with Crippen LogP contribution in [-0.2, 0) is 21.3 Å². The van der Waals surface area contributed by atoms with Crippen LogP contribution in [0.15, 0.2) is 17.2 Å². The molecule has 1 atom stereocenters. The number of hydrogen-bond donors (Lipinski definition) is 2. The van der Waals surface area contributed by atoms with Gasteiger partial charge in [-0.05, 0) is 18.9 Å². The van der Waals surface area contributed by atoms with E-state index < -0.39 is 10.0 Å². The minimum Gasteiger partial charge on any atom is -0.383 e. The zero-order chi connectivity index (χ0) is 16.2. The molecular weight excluding hydrogens is 294 g/mol. The standard InChI is InChI=1S/C13H23N3O4S/c1-5-16-7-10(21(14,18)19)6-12(16)13(17)15-11(8-20-4)9(2)3/h6-7,9,11H,5,8H2,1-4H3,(H,15,17)(H2,14,18,19). The first-order valence-electron chi connectivity index (χ1n) is 6.73. The number of methoxy groups -OCH3 is 1. The molecular formula is C13H23N3O4S. The van der Waals surface area contributed by atoms with Gasteiger partial charge in [0.1, 0.15) is 10.6 Å². The zero-order valence-corrected chi connectivity index (χ0v) is 13.6. The van der Waals surface area contributed by atoms with Gasteiger partial charge in [-0.15, -0.1) is 0 Å². The Morgan fingerprint density at radius 2 is 2.10 bits per heavy atom. The highest BCUT2D eigenvalue weighted by Crippen LogP contribution is 2.14. The number of amides is 1. The van der Waals surface area contributed by atoms with Crippen LogP contribution in [0.3, 0.4) is 0 Å². The first kappa shape index (κ1) is 17.7. The fourth-order valence-corrected chi connectivity index (χ4v) is 2.46. The van der Waals surface area contributed by atoms with Crippen LogP contribution in [0.25, 0.3) is 0 Å². The summed E-state index contributed by atoms with van der Waals surface area (Å²) in [6.45, 7) is 6.61. The van der Waals surface area contributed by atoms with Crippen LogP contribution in [0.2, 0.25) is 0 Å². The molecule has 1 amide bonds. The third-order valence-corrected chi connectivity index (χ3v) is 4.12. The largest absolute Gasteiger partial charge is 0.383 e. The summed E-state index contributed by atoms with van der Waals surface area (Å²) < 4.78 is 29.4. The van der Waals surface area contributed by atoms with Gasteiger partial charge in [-0.25, -0.2) is 13.6 Å². The summed E-state index contributed by atoms with van der Waals surface area (Å²) in [7, 11) is -2.26. The lowest BCUT2D eigenvalue weighted by atomic mass is 10.1. The van der Waals surface area contributed by atoms with Gasteiger partial charge in [-0.3, -0.25) is 4.79 Å². The van der Waals surface area contributed by atoms with E-state index in [1.807, 2.05) is 20.8 Å². The summed E-state index contributed by atoms with van der Waals surface area (Å²) >= 11 is 0. The third-order valence-electron chi connectivity index (χ3n) is 3.24. The van der Waals surface area contributed by atoms with E-state index in [1.165, 1.54) is 12.3 Å². The monoisotopic (exact) mass is 317 g/mol. The molecule has 21 heavy (non-hydrogen) atoms. The molecule has 120 valence electrons. The summed E-state index contributed by atoms with van der Waals surface area (Å²) in [6, 6.07) is 1.14. The number of nitrogens with one attached hydrogen (secondary N) is 1. The van der Waals surface area contributed by atoms with Crippen molar-refractivity contribution in [2.45, 2.75) is 38.3 Å². The lowest BCUT2D eigenvalue weighted by Gasteiger charge is -2.21. The second-order valence-electron chi connectivity index (χ2n) is 5.17. The minimum atomic E-state index is -3.83. The highest BCUT2D eigenvalue weighted by atomic mass is 32.2. The van der Waals surface area contributed by atoms with Crippen molar-refractivity contribution in [3.63, 3.8) is 0 Å². The molecule has 7 nitrogen and oxygen atoms in total. The predicted molar refractivity (Wildman–Crippen MR) is 79.4 cm³/mol. The smallest absolute Gasteiger partial charge is 0.268 e. The molecule has 0 saturated carbocycles. The van der Waals surface area contributed by atoms with Crippen LogP contribution in [-0.4, -0.2) is 38.7 Å². The molecule has 1 rings (SSSR count). The Hall–Kier alpha value is -1.38. The van der Waals surface area contributed by atoms with Crippen LogP contribution >= 0.6 is 0 Å². The maximum absolute atomic E-state index is 12.3. The van der Waals surface area contributed by atoms with Gasteiger partial charge in [-0.1, -0.05) is 13.8 Å². The van der Waals surface area contributed by atoms with E-state index in [0.717, 1.165) is 0 Å². The molecule has 1 aromatic rings. The summed E-state index contributed by atoms with van der Waals surface area (Å²) in [5.41, 5.74) is 0.267. The van der Waals surface area contributed by atoms with Crippen LogP contribution in [0.4, 0.5) is 0 Å². The average Bonchev–Trinajstić information content (AvgIpc) is 2.81. The molecule has 1 unspecified atom stereocenters.